The molecule has 3 rings (SSSR count). The number of hydrogen-bond acceptors (Lipinski definition) is 22. The fourth-order valence-electron chi connectivity index (χ4n) is 7.81. The van der Waals surface area contributed by atoms with E-state index < -0.39 is 184 Å². The maximum atomic E-state index is 15.7. The third-order valence-corrected chi connectivity index (χ3v) is 21.9. The van der Waals surface area contributed by atoms with Crippen LogP contribution in [0.15, 0.2) is 0 Å². The number of amides is 7. The summed E-state index contributed by atoms with van der Waals surface area (Å²) in [6, 6.07) is 0. The number of carbonyl (C=O) groups is 7. The van der Waals surface area contributed by atoms with Crippen LogP contribution in [0.4, 0.5) is 34.1 Å². The molecule has 3 aromatic rings. The molecule has 0 bridgehead atoms. The molecule has 0 aliphatic heterocycles. The van der Waals surface area contributed by atoms with Crippen molar-refractivity contribution < 1.29 is 110 Å². The lowest BCUT2D eigenvalue weighted by Gasteiger charge is -2.36. The predicted molar refractivity (Wildman–Crippen MR) is 388 cm³/mol. The highest BCUT2D eigenvalue weighted by Gasteiger charge is 2.44. The van der Waals surface area contributed by atoms with Gasteiger partial charge in [-0.1, -0.05) is 6.92 Å². The van der Waals surface area contributed by atoms with E-state index in [1.165, 1.54) is 21.1 Å². The summed E-state index contributed by atoms with van der Waals surface area (Å²) in [7, 11) is 3.71. The maximum Gasteiger partial charge on any atom is 0.263 e. The first kappa shape index (κ1) is 81.2. The lowest BCUT2D eigenvalue weighted by Crippen LogP contribution is -2.46. The Morgan fingerprint density at radius 1 is 0.391 bits per heavy atom. The molecule has 486 valence electrons. The zero-order valence-electron chi connectivity index (χ0n) is 45.7. The van der Waals surface area contributed by atoms with E-state index in [4.69, 9.17) is 0 Å². The minimum atomic E-state index is -2.64. The van der Waals surface area contributed by atoms with Gasteiger partial charge < -0.3 is 102 Å². The van der Waals surface area contributed by atoms with Gasteiger partial charge in [-0.3, -0.25) is 43.4 Å². The first-order valence-corrected chi connectivity index (χ1v) is 34.7. The van der Waals surface area contributed by atoms with E-state index in [1.807, 2.05) is 0 Å². The summed E-state index contributed by atoms with van der Waals surface area (Å²) >= 11 is 15.2. The Morgan fingerprint density at radius 2 is 0.667 bits per heavy atom. The number of rotatable bonds is 29. The van der Waals surface area contributed by atoms with E-state index in [1.54, 1.807) is 210 Å². The van der Waals surface area contributed by atoms with Crippen molar-refractivity contribution in [1.82, 2.24) is 14.7 Å². The highest BCUT2D eigenvalue weighted by atomic mass is 127. The van der Waals surface area contributed by atoms with Gasteiger partial charge in [-0.05, 0) is 210 Å². The first-order chi connectivity index (χ1) is 40.6. The monoisotopic (exact) mass is 2240 g/mol. The van der Waals surface area contributed by atoms with Crippen molar-refractivity contribution in [3.8, 4) is 0 Å². The molecule has 17 N–H and O–H groups in total. The van der Waals surface area contributed by atoms with E-state index >= 15 is 14.4 Å². The summed E-state index contributed by atoms with van der Waals surface area (Å²) in [5, 5.41) is 161. The molecule has 7 amide bonds. The fourth-order valence-corrected chi connectivity index (χ4v) is 21.2. The number of hydrogen-bond donors (Lipinski definition) is 17. The molecule has 0 heterocycles. The van der Waals surface area contributed by atoms with E-state index in [-0.39, 0.29) is 67.6 Å². The minimum Gasteiger partial charge on any atom is -0.394 e. The van der Waals surface area contributed by atoms with Crippen molar-refractivity contribution >= 4 is 279 Å². The van der Waals surface area contributed by atoms with Gasteiger partial charge in [0, 0.05) is 47.2 Å². The van der Waals surface area contributed by atoms with Crippen LogP contribution in [0.25, 0.3) is 0 Å². The largest absolute Gasteiger partial charge is 0.394 e. The molecule has 0 aliphatic rings. The average molecular weight is 2240 g/mol. The van der Waals surface area contributed by atoms with Gasteiger partial charge in [-0.15, -0.1) is 0 Å². The van der Waals surface area contributed by atoms with Gasteiger partial charge in [0.15, 0.2) is 18.3 Å². The van der Waals surface area contributed by atoms with Crippen LogP contribution < -0.4 is 20.4 Å². The number of likely N-dealkylation sites (N-methyl/N-ethyl adjacent to an activating group) is 3. The SMILES string of the molecule is CCCC(=O)N(c1c(I)c(NC(=O)C(O)C(O)CO)c(I)c(C(=O)N(C)CC(O)CO)c1I)c1c(I)c(C(=O)N(C)CC(O)CO)c(I)c(N(C(=O)C(O)C(O)CO)c2c(I)c(NC(=O)C(O)C(O)CO)c(I)c(C(=O)N(C)CC(O)CO)c2I)c1I. The molecule has 0 saturated carbocycles. The highest BCUT2D eigenvalue weighted by molar-refractivity contribution is 14.1. The third kappa shape index (κ3) is 18.9. The van der Waals surface area contributed by atoms with Crippen LogP contribution in [-0.2, 0) is 19.2 Å². The number of benzene rings is 3. The van der Waals surface area contributed by atoms with Gasteiger partial charge in [-0.2, -0.15) is 0 Å². The molecule has 0 saturated heterocycles. The molecular weight excluding hydrogens is 2180 g/mol. The van der Waals surface area contributed by atoms with Crippen LogP contribution in [0.1, 0.15) is 50.8 Å². The third-order valence-electron chi connectivity index (χ3n) is 12.4. The summed E-state index contributed by atoms with van der Waals surface area (Å²) < 4.78 is -1.48. The molecule has 87 heavy (non-hydrogen) atoms. The van der Waals surface area contributed by atoms with E-state index in [2.05, 4.69) is 10.6 Å². The summed E-state index contributed by atoms with van der Waals surface area (Å²) in [6.45, 7) is -5.87. The Bertz CT molecular complexity index is 3070. The molecule has 0 aromatic heterocycles. The van der Waals surface area contributed by atoms with Gasteiger partial charge >= 0.3 is 0 Å². The van der Waals surface area contributed by atoms with Crippen molar-refractivity contribution in [1.29, 1.82) is 0 Å². The molecule has 0 aliphatic carbocycles. The summed E-state index contributed by atoms with van der Waals surface area (Å²) in [6.07, 6.45) is -18.6. The van der Waals surface area contributed by atoms with Crippen LogP contribution in [0.2, 0.25) is 0 Å². The van der Waals surface area contributed by atoms with Crippen LogP contribution in [0, 0.1) is 32.1 Å². The Hall–Kier alpha value is -0.0800. The van der Waals surface area contributed by atoms with Crippen LogP contribution in [0.5, 0.6) is 0 Å². The van der Waals surface area contributed by atoms with Crippen molar-refractivity contribution in [2.75, 3.05) is 101 Å². The number of anilines is 6. The number of carbonyl (C=O) groups excluding carboxylic acids is 7. The highest BCUT2D eigenvalue weighted by Crippen LogP contribution is 2.53. The van der Waals surface area contributed by atoms with Crippen molar-refractivity contribution in [2.24, 2.45) is 0 Å². The molecule has 0 radical (unpaired) electrons. The van der Waals surface area contributed by atoms with E-state index in [0.717, 1.165) is 19.6 Å². The normalized spacial score (nSPS) is 14.6. The first-order valence-electron chi connectivity index (χ1n) is 25.0. The van der Waals surface area contributed by atoms with E-state index in [0.29, 0.717) is 4.90 Å². The zero-order chi connectivity index (χ0) is 66.7. The van der Waals surface area contributed by atoms with Crippen LogP contribution >= 0.6 is 203 Å². The minimum absolute atomic E-state index is 0.0609. The average Bonchev–Trinajstić information content (AvgIpc) is 0.743. The number of nitrogens with zero attached hydrogens (tertiary/aromatic N) is 5. The predicted octanol–water partition coefficient (Wildman–Crippen LogP) is -0.448. The molecule has 3 aromatic carbocycles. The summed E-state index contributed by atoms with van der Waals surface area (Å²) in [5.74, 6) is -7.95. The van der Waals surface area contributed by atoms with Gasteiger partial charge in [0.25, 0.3) is 35.4 Å². The molecule has 38 heteroatoms. The summed E-state index contributed by atoms with van der Waals surface area (Å²) in [5.41, 5.74) is -3.33. The van der Waals surface area contributed by atoms with Gasteiger partial charge in [0.05, 0.1) is 141 Å². The number of aliphatic hydroxyl groups is 15. The van der Waals surface area contributed by atoms with Crippen LogP contribution in [0.3, 0.4) is 0 Å². The lowest BCUT2D eigenvalue weighted by atomic mass is 10.0. The van der Waals surface area contributed by atoms with E-state index in [9.17, 15) is 95.8 Å². The standard InChI is InChI=1S/C49H60I9N7O22/c1-5-6-22(78)64(37-28(52)23(46(84)61(2)7-16(72)10-66)26(50)35(32(37)56)59-44(82)41(79)19(75)13-69)39-30(54)25(48(86)63(4)9-18(74)12-68)31(55)40(34(39)58)65(49(87)43(81)21(77)15-71)38-29(53)24(47(85)62(3)8-17(73)11-67)27(51)36(33(38)57)60-45(83)42(80)20(76)14-70/h16-21,41-43,66-77,79-81H,5-15H2,1-4H3,(H,59,82)(H,60,83). The second kappa shape index (κ2) is 36.7. The lowest BCUT2D eigenvalue weighted by molar-refractivity contribution is -0.133. The molecule has 0 spiro atoms. The Morgan fingerprint density at radius 3 is 0.966 bits per heavy atom. The smallest absolute Gasteiger partial charge is 0.263 e. The molecular formula is C49H60I9N7O22. The zero-order valence-corrected chi connectivity index (χ0v) is 65.1. The number of nitrogens with one attached hydrogen (secondary N) is 2. The quantitative estimate of drug-likeness (QED) is 0.0392. The second-order valence-electron chi connectivity index (χ2n) is 18.9. The molecule has 9 unspecified atom stereocenters. The van der Waals surface area contributed by atoms with Gasteiger partial charge in [-0.25, -0.2) is 0 Å². The number of halogens is 9. The molecule has 0 fully saturated rings. The van der Waals surface area contributed by atoms with Crippen molar-refractivity contribution in [2.45, 2.75) is 74.7 Å². The van der Waals surface area contributed by atoms with Gasteiger partial charge in [0.1, 0.15) is 18.3 Å². The Kier molecular flexibility index (Phi) is 34.2. The topological polar surface area (TPSA) is 463 Å². The molecule has 29 nitrogen and oxygen atoms in total. The Labute approximate surface area is 619 Å². The van der Waals surface area contributed by atoms with Crippen molar-refractivity contribution in [3.63, 3.8) is 0 Å². The van der Waals surface area contributed by atoms with Gasteiger partial charge in [0.2, 0.25) is 5.91 Å². The fraction of sp³-hybridized carbons (Fsp3) is 0.490. The Balaban J connectivity index is 3.06. The van der Waals surface area contributed by atoms with Crippen molar-refractivity contribution in [3.05, 3.63) is 48.8 Å². The summed E-state index contributed by atoms with van der Waals surface area (Å²) in [4.78, 5) is 109. The molecule has 9 atom stereocenters. The van der Waals surface area contributed by atoms with Crippen LogP contribution in [-0.4, -0.2) is 268 Å². The second-order valence-corrected chi connectivity index (χ2v) is 28.6. The number of aliphatic hydroxyl groups excluding tert-OH is 15. The maximum absolute atomic E-state index is 15.7.